The van der Waals surface area contributed by atoms with Crippen molar-refractivity contribution in [3.8, 4) is 11.6 Å². The lowest BCUT2D eigenvalue weighted by atomic mass is 9.91. The van der Waals surface area contributed by atoms with Gasteiger partial charge in [0.1, 0.15) is 23.4 Å². The Bertz CT molecular complexity index is 1930. The summed E-state index contributed by atoms with van der Waals surface area (Å²) in [6, 6.07) is 6.37. The second-order valence-corrected chi connectivity index (χ2v) is 18.6. The lowest BCUT2D eigenvalue weighted by molar-refractivity contribution is -0.140. The van der Waals surface area contributed by atoms with Gasteiger partial charge in [0.2, 0.25) is 22.7 Å². The molecule has 6 atom stereocenters. The summed E-state index contributed by atoms with van der Waals surface area (Å²) < 4.78 is 57.9. The van der Waals surface area contributed by atoms with Gasteiger partial charge < -0.3 is 30.2 Å². The zero-order chi connectivity index (χ0) is 40.3. The fourth-order valence-corrected chi connectivity index (χ4v) is 8.35. The molecule has 55 heavy (non-hydrogen) atoms. The molecule has 0 bridgehead atoms. The van der Waals surface area contributed by atoms with Gasteiger partial charge in [-0.15, -0.1) is 0 Å². The van der Waals surface area contributed by atoms with Crippen LogP contribution in [0.4, 0.5) is 9.18 Å². The van der Waals surface area contributed by atoms with Crippen molar-refractivity contribution in [3.63, 3.8) is 0 Å². The van der Waals surface area contributed by atoms with E-state index in [9.17, 15) is 32.0 Å². The van der Waals surface area contributed by atoms with Gasteiger partial charge in [0.25, 0.3) is 15.9 Å². The molecule has 2 saturated carbocycles. The van der Waals surface area contributed by atoms with Gasteiger partial charge in [0, 0.05) is 47.5 Å². The molecule has 308 valence electrons. The fraction of sp³-hybridized carbons (Fsp3) is 0.615. The molecule has 14 nitrogen and oxygen atoms in total. The maximum atomic E-state index is 14.6. The Morgan fingerprint density at radius 1 is 1.15 bits per heavy atom. The Morgan fingerprint density at radius 2 is 1.87 bits per heavy atom. The predicted molar refractivity (Wildman–Crippen MR) is 209 cm³/mol. The summed E-state index contributed by atoms with van der Waals surface area (Å²) in [4.78, 5) is 57.2. The summed E-state index contributed by atoms with van der Waals surface area (Å²) in [5.74, 6) is -0.764. The van der Waals surface area contributed by atoms with E-state index in [1.807, 2.05) is 62.8 Å². The molecule has 0 spiro atoms. The van der Waals surface area contributed by atoms with E-state index in [1.165, 1.54) is 4.90 Å². The van der Waals surface area contributed by atoms with Crippen LogP contribution in [-0.4, -0.2) is 85.1 Å². The zero-order valence-corrected chi connectivity index (χ0v) is 33.2. The summed E-state index contributed by atoms with van der Waals surface area (Å²) in [7, 11) is -2.99. The topological polar surface area (TPSA) is 196 Å². The van der Waals surface area contributed by atoms with Gasteiger partial charge in [0.05, 0.1) is 20.3 Å². The van der Waals surface area contributed by atoms with Crippen molar-refractivity contribution in [3.05, 3.63) is 42.6 Å². The second-order valence-electron chi connectivity index (χ2n) is 16.7. The van der Waals surface area contributed by atoms with Crippen LogP contribution < -0.4 is 25.2 Å². The summed E-state index contributed by atoms with van der Waals surface area (Å²) in [6.07, 6.45) is 6.73. The molecule has 0 radical (unpaired) electrons. The van der Waals surface area contributed by atoms with E-state index in [1.54, 1.807) is 19.4 Å². The maximum Gasteiger partial charge on any atom is 0.404 e. The average molecular weight is 794 g/mol. The molecule has 1 saturated heterocycles. The Morgan fingerprint density at radius 3 is 2.51 bits per heavy atom. The van der Waals surface area contributed by atoms with Crippen LogP contribution in [0.1, 0.15) is 90.3 Å². The highest BCUT2D eigenvalue weighted by Gasteiger charge is 2.64. The van der Waals surface area contributed by atoms with Crippen LogP contribution in [0.25, 0.3) is 10.8 Å². The number of sulfonamides is 1. The van der Waals surface area contributed by atoms with Gasteiger partial charge in [0.15, 0.2) is 0 Å². The fourth-order valence-electron chi connectivity index (χ4n) is 7.10. The summed E-state index contributed by atoms with van der Waals surface area (Å²) in [6.45, 7) is 10.6. The number of amides is 4. The molecule has 1 aromatic carbocycles. The van der Waals surface area contributed by atoms with Crippen molar-refractivity contribution in [2.45, 2.75) is 109 Å². The van der Waals surface area contributed by atoms with Crippen molar-refractivity contribution < 1.29 is 50.5 Å². The molecule has 0 unspecified atom stereocenters. The second kappa shape index (κ2) is 16.3. The number of nitrogens with one attached hydrogen (secondary N) is 2. The van der Waals surface area contributed by atoms with Gasteiger partial charge in [-0.25, -0.2) is 27.3 Å². The normalized spacial score (nSPS) is 28.4. The van der Waals surface area contributed by atoms with Gasteiger partial charge in [-0.1, -0.05) is 46.8 Å². The molecule has 3 fully saturated rings. The van der Waals surface area contributed by atoms with E-state index < -0.39 is 56.5 Å². The zero-order valence-electron chi connectivity index (χ0n) is 32.4. The van der Waals surface area contributed by atoms with Crippen LogP contribution in [0, 0.1) is 23.2 Å². The van der Waals surface area contributed by atoms with Crippen molar-refractivity contribution in [1.29, 1.82) is 0 Å². The molecular weight excluding hydrogens is 734 g/mol. The van der Waals surface area contributed by atoms with Crippen LogP contribution in [-0.2, 0) is 29.1 Å². The van der Waals surface area contributed by atoms with Crippen molar-refractivity contribution in [1.82, 2.24) is 19.9 Å². The Balaban J connectivity index is 0.000000868. The minimum absolute atomic E-state index is 0. The predicted octanol–water partition coefficient (Wildman–Crippen LogP) is 5.64. The molecule has 3 heterocycles. The van der Waals surface area contributed by atoms with E-state index in [4.69, 9.17) is 15.2 Å². The number of benzene rings is 1. The molecule has 2 aromatic rings. The van der Waals surface area contributed by atoms with E-state index in [2.05, 4.69) is 22.0 Å². The van der Waals surface area contributed by atoms with Crippen molar-refractivity contribution in [2.75, 3.05) is 20.3 Å². The number of ether oxygens (including phenoxy) is 3. The largest absolute Gasteiger partial charge is 0.497 e. The molecule has 2 aliphatic carbocycles. The molecule has 6 rings (SSSR count). The molecule has 2 aliphatic heterocycles. The van der Waals surface area contributed by atoms with E-state index in [0.29, 0.717) is 24.2 Å². The van der Waals surface area contributed by atoms with Gasteiger partial charge in [-0.05, 0) is 72.6 Å². The minimum Gasteiger partial charge on any atom is -0.497 e. The Hall–Kier alpha value is -4.47. The van der Waals surface area contributed by atoms with Crippen LogP contribution >= 0.6 is 0 Å². The SMILES string of the molecule is CC(C)(C)COC(N)=O.COc1ccc2c(O[C@@H]3C[C@H]4C(=O)N[C@]5(C(=O)NS(=O)(=O)C6(F)CC6)C[C@H]5/C=C\CC[C@@H](C)C[C@@H](C)CC(=O)N4C3)nccc2c1.[HH].[HH].[HH]. The monoisotopic (exact) mass is 793 g/mol. The third-order valence-electron chi connectivity index (χ3n) is 10.4. The highest BCUT2D eigenvalue weighted by molar-refractivity contribution is 7.91. The standard InChI is InChI=1S/C33H41FN4O7S.C6H13NO2.3H2/c1-20-6-4-5-7-23-18-33(23,31(41)37-46(42,43)32(34)11-12-32)36-29(40)27-17-25(19-38(27)28(39)15-21(2)14-20)45-30-26-9-8-24(44-3)16-22(26)10-13-35-30;1-6(2,3)4-9-5(7)8;;;/h5,7-10,13,16,20-21,23,25,27H,4,6,11-12,14-15,17-19H2,1-3H3,(H,36,40)(H,37,41);4H2,1-3H3,(H2,7,8);3*1H/b7-5-;;;;/t20-,21-,23-,25-,27+,33-;;;;/m1..../s1. The van der Waals surface area contributed by atoms with Crippen LogP contribution in [0.2, 0.25) is 0 Å². The highest BCUT2D eigenvalue weighted by Crippen LogP contribution is 2.48. The first-order valence-electron chi connectivity index (χ1n) is 18.8. The van der Waals surface area contributed by atoms with E-state index in [-0.39, 0.29) is 60.2 Å². The van der Waals surface area contributed by atoms with Crippen LogP contribution in [0.3, 0.4) is 0 Å². The number of halogens is 1. The number of rotatable bonds is 7. The van der Waals surface area contributed by atoms with Crippen molar-refractivity contribution in [2.24, 2.45) is 28.9 Å². The molecule has 4 N–H and O–H groups in total. The van der Waals surface area contributed by atoms with E-state index in [0.717, 1.165) is 30.0 Å². The van der Waals surface area contributed by atoms with E-state index >= 15 is 0 Å². The van der Waals surface area contributed by atoms with Crippen molar-refractivity contribution >= 4 is 44.6 Å². The number of carbonyl (C=O) groups excluding carboxylic acids is 4. The Labute approximate surface area is 326 Å². The lowest BCUT2D eigenvalue weighted by Gasteiger charge is -2.27. The quantitative estimate of drug-likeness (QED) is 0.295. The average Bonchev–Trinajstić information content (AvgIpc) is 3.98. The smallest absolute Gasteiger partial charge is 0.404 e. The first-order chi connectivity index (χ1) is 25.8. The number of methoxy groups -OCH3 is 1. The number of allylic oxidation sites excluding steroid dienone is 1. The highest BCUT2D eigenvalue weighted by atomic mass is 32.2. The number of carbonyl (C=O) groups is 4. The van der Waals surface area contributed by atoms with Crippen LogP contribution in [0.5, 0.6) is 11.6 Å². The molecule has 1 aromatic heterocycles. The van der Waals surface area contributed by atoms with Crippen LogP contribution in [0.15, 0.2) is 42.6 Å². The third kappa shape index (κ3) is 10.2. The number of nitrogens with two attached hydrogens (primary N) is 1. The summed E-state index contributed by atoms with van der Waals surface area (Å²) >= 11 is 0. The molecule has 16 heteroatoms. The number of primary amides is 1. The number of pyridine rings is 1. The minimum atomic E-state index is -4.58. The summed E-state index contributed by atoms with van der Waals surface area (Å²) in [5.41, 5.74) is 3.17. The number of aromatic nitrogens is 1. The Kier molecular flexibility index (Phi) is 12.4. The molecule has 4 amide bonds. The first kappa shape index (κ1) is 41.7. The number of alkyl halides is 1. The number of fused-ring (bicyclic) bond motifs is 3. The number of nitrogens with zero attached hydrogens (tertiary/aromatic N) is 2. The third-order valence-corrected chi connectivity index (χ3v) is 12.2. The van der Waals surface area contributed by atoms with Gasteiger partial charge in [-0.2, -0.15) is 0 Å². The van der Waals surface area contributed by atoms with Gasteiger partial charge >= 0.3 is 6.09 Å². The lowest BCUT2D eigenvalue weighted by Crippen LogP contribution is -2.57. The number of hydrogen-bond donors (Lipinski definition) is 3. The molecular formula is C39H60FN5O9S. The maximum absolute atomic E-state index is 14.6. The summed E-state index contributed by atoms with van der Waals surface area (Å²) in [5, 5.41) is 1.93. The first-order valence-corrected chi connectivity index (χ1v) is 20.3. The number of hydrogen-bond acceptors (Lipinski definition) is 10. The molecule has 4 aliphatic rings. The van der Waals surface area contributed by atoms with Gasteiger partial charge in [-0.3, -0.25) is 14.4 Å².